The zero-order chi connectivity index (χ0) is 13.7. The van der Waals surface area contributed by atoms with E-state index in [9.17, 15) is 9.59 Å². The summed E-state index contributed by atoms with van der Waals surface area (Å²) in [7, 11) is 0. The molecule has 0 fully saturated rings. The predicted octanol–water partition coefficient (Wildman–Crippen LogP) is 1.61. The van der Waals surface area contributed by atoms with Gasteiger partial charge in [-0.05, 0) is 24.3 Å². The molecule has 3 heterocycles. The second-order valence-electron chi connectivity index (χ2n) is 4.38. The number of rotatable bonds is 1. The Bertz CT molecular complexity index is 722. The Balaban J connectivity index is 1.81. The highest BCUT2D eigenvalue weighted by atomic mass is 16.7. The molecule has 0 saturated carbocycles. The van der Waals surface area contributed by atoms with Crippen LogP contribution in [0.25, 0.3) is 0 Å². The van der Waals surface area contributed by atoms with Crippen molar-refractivity contribution >= 4 is 17.5 Å². The molecule has 2 aromatic rings. The number of ether oxygens (including phenoxy) is 2. The predicted molar refractivity (Wildman–Crippen MR) is 67.9 cm³/mol. The van der Waals surface area contributed by atoms with Gasteiger partial charge in [-0.15, -0.1) is 0 Å². The zero-order valence-corrected chi connectivity index (χ0v) is 10.2. The minimum atomic E-state index is -0.426. The summed E-state index contributed by atoms with van der Waals surface area (Å²) in [6.07, 6.45) is 1.49. The van der Waals surface area contributed by atoms with E-state index >= 15 is 0 Å². The maximum atomic E-state index is 12.3. The van der Waals surface area contributed by atoms with Crippen molar-refractivity contribution < 1.29 is 19.1 Å². The summed E-state index contributed by atoms with van der Waals surface area (Å²) in [4.78, 5) is 29.6. The van der Waals surface area contributed by atoms with Crippen molar-refractivity contribution in [3.63, 3.8) is 0 Å². The average molecular weight is 268 g/mol. The normalized spacial score (nSPS) is 15.7. The number of carbonyl (C=O) groups is 2. The summed E-state index contributed by atoms with van der Waals surface area (Å²) in [5, 5.41) is 0. The molecular formula is C14H8N2O4. The first-order valence-electron chi connectivity index (χ1n) is 5.99. The summed E-state index contributed by atoms with van der Waals surface area (Å²) in [5.74, 6) is 0.317. The molecule has 1 aromatic heterocycles. The van der Waals surface area contributed by atoms with Crippen LogP contribution < -0.4 is 14.4 Å². The largest absolute Gasteiger partial charge is 0.454 e. The van der Waals surface area contributed by atoms with E-state index in [-0.39, 0.29) is 18.4 Å². The van der Waals surface area contributed by atoms with E-state index in [0.29, 0.717) is 22.7 Å². The fraction of sp³-hybridized carbons (Fsp3) is 0.0714. The van der Waals surface area contributed by atoms with E-state index in [4.69, 9.17) is 9.47 Å². The minimum Gasteiger partial charge on any atom is -0.454 e. The molecule has 2 aliphatic heterocycles. The van der Waals surface area contributed by atoms with E-state index in [0.717, 1.165) is 4.90 Å². The number of aromatic nitrogens is 1. The van der Waals surface area contributed by atoms with Crippen LogP contribution in [0.2, 0.25) is 0 Å². The Morgan fingerprint density at radius 3 is 2.75 bits per heavy atom. The lowest BCUT2D eigenvalue weighted by atomic mass is 10.2. The van der Waals surface area contributed by atoms with Gasteiger partial charge in [-0.3, -0.25) is 14.6 Å². The standard InChI is InChI=1S/C14H8N2O4/c17-13-9-2-1-5-15-12(9)14(18)16(13)8-3-4-10-11(6-8)20-7-19-10/h1-6H,7H2. The summed E-state index contributed by atoms with van der Waals surface area (Å²) in [6, 6.07) is 8.16. The van der Waals surface area contributed by atoms with Crippen LogP contribution in [0.5, 0.6) is 11.5 Å². The van der Waals surface area contributed by atoms with Gasteiger partial charge in [0.25, 0.3) is 11.8 Å². The molecule has 0 spiro atoms. The molecule has 0 saturated heterocycles. The smallest absolute Gasteiger partial charge is 0.284 e. The number of fused-ring (bicyclic) bond motifs is 2. The lowest BCUT2D eigenvalue weighted by Crippen LogP contribution is -2.29. The first-order chi connectivity index (χ1) is 9.75. The van der Waals surface area contributed by atoms with Crippen molar-refractivity contribution in [1.82, 2.24) is 4.98 Å². The van der Waals surface area contributed by atoms with Crippen LogP contribution in [0.4, 0.5) is 5.69 Å². The molecule has 2 aliphatic rings. The van der Waals surface area contributed by atoms with Crippen LogP contribution in [0, 0.1) is 0 Å². The third-order valence-electron chi connectivity index (χ3n) is 3.26. The van der Waals surface area contributed by atoms with Crippen molar-refractivity contribution in [2.45, 2.75) is 0 Å². The number of anilines is 1. The van der Waals surface area contributed by atoms with Crippen LogP contribution in [0.15, 0.2) is 36.5 Å². The van der Waals surface area contributed by atoms with Gasteiger partial charge in [0.05, 0.1) is 11.3 Å². The van der Waals surface area contributed by atoms with Crippen LogP contribution in [0.1, 0.15) is 20.8 Å². The number of benzene rings is 1. The Morgan fingerprint density at radius 2 is 1.90 bits per heavy atom. The molecule has 6 heteroatoms. The third kappa shape index (κ3) is 1.36. The number of imide groups is 1. The van der Waals surface area contributed by atoms with E-state index in [1.807, 2.05) is 0 Å². The fourth-order valence-electron chi connectivity index (χ4n) is 2.33. The molecule has 0 N–H and O–H groups in total. The Hall–Kier alpha value is -2.89. The van der Waals surface area contributed by atoms with Gasteiger partial charge in [-0.2, -0.15) is 0 Å². The van der Waals surface area contributed by atoms with Gasteiger partial charge < -0.3 is 9.47 Å². The molecule has 1 aromatic carbocycles. The summed E-state index contributed by atoms with van der Waals surface area (Å²) < 4.78 is 10.5. The lowest BCUT2D eigenvalue weighted by molar-refractivity contribution is 0.0924. The molecule has 98 valence electrons. The number of nitrogens with zero attached hydrogens (tertiary/aromatic N) is 2. The number of amides is 2. The van der Waals surface area contributed by atoms with Crippen molar-refractivity contribution in [1.29, 1.82) is 0 Å². The molecule has 4 rings (SSSR count). The van der Waals surface area contributed by atoms with Gasteiger partial charge in [0.1, 0.15) is 5.69 Å². The maximum absolute atomic E-state index is 12.3. The van der Waals surface area contributed by atoms with Gasteiger partial charge >= 0.3 is 0 Å². The van der Waals surface area contributed by atoms with Crippen LogP contribution in [0.3, 0.4) is 0 Å². The molecule has 0 atom stereocenters. The number of carbonyl (C=O) groups excluding carboxylic acids is 2. The maximum Gasteiger partial charge on any atom is 0.284 e. The second kappa shape index (κ2) is 3.80. The highest BCUT2D eigenvalue weighted by molar-refractivity contribution is 6.33. The second-order valence-corrected chi connectivity index (χ2v) is 4.38. The van der Waals surface area contributed by atoms with E-state index in [2.05, 4.69) is 4.98 Å². The molecular weight excluding hydrogens is 260 g/mol. The zero-order valence-electron chi connectivity index (χ0n) is 10.2. The minimum absolute atomic E-state index is 0.141. The molecule has 6 nitrogen and oxygen atoms in total. The molecule has 0 radical (unpaired) electrons. The van der Waals surface area contributed by atoms with Crippen molar-refractivity contribution in [3.8, 4) is 11.5 Å². The van der Waals surface area contributed by atoms with E-state index < -0.39 is 5.91 Å². The van der Waals surface area contributed by atoms with Gasteiger partial charge in [-0.25, -0.2) is 4.90 Å². The summed E-state index contributed by atoms with van der Waals surface area (Å²) >= 11 is 0. The molecule has 0 bridgehead atoms. The average Bonchev–Trinajstić information content (AvgIpc) is 3.03. The Labute approximate surface area is 113 Å². The van der Waals surface area contributed by atoms with Gasteiger partial charge in [0.2, 0.25) is 6.79 Å². The molecule has 20 heavy (non-hydrogen) atoms. The Kier molecular flexibility index (Phi) is 2.09. The van der Waals surface area contributed by atoms with Gasteiger partial charge in [-0.1, -0.05) is 0 Å². The van der Waals surface area contributed by atoms with Gasteiger partial charge in [0, 0.05) is 12.3 Å². The number of hydrogen-bond donors (Lipinski definition) is 0. The van der Waals surface area contributed by atoms with Crippen molar-refractivity contribution in [2.75, 3.05) is 11.7 Å². The third-order valence-corrected chi connectivity index (χ3v) is 3.26. The van der Waals surface area contributed by atoms with Crippen molar-refractivity contribution in [2.24, 2.45) is 0 Å². The summed E-state index contributed by atoms with van der Waals surface area (Å²) in [6.45, 7) is 0.141. The Morgan fingerprint density at radius 1 is 1.05 bits per heavy atom. The lowest BCUT2D eigenvalue weighted by Gasteiger charge is -2.13. The van der Waals surface area contributed by atoms with Crippen LogP contribution in [-0.4, -0.2) is 23.6 Å². The highest BCUT2D eigenvalue weighted by Gasteiger charge is 2.38. The van der Waals surface area contributed by atoms with Gasteiger partial charge in [0.15, 0.2) is 11.5 Å². The fourth-order valence-corrected chi connectivity index (χ4v) is 2.33. The quantitative estimate of drug-likeness (QED) is 0.735. The molecule has 0 unspecified atom stereocenters. The topological polar surface area (TPSA) is 68.7 Å². The number of hydrogen-bond acceptors (Lipinski definition) is 5. The van der Waals surface area contributed by atoms with E-state index in [1.165, 1.54) is 6.20 Å². The van der Waals surface area contributed by atoms with Crippen LogP contribution >= 0.6 is 0 Å². The van der Waals surface area contributed by atoms with Crippen LogP contribution in [-0.2, 0) is 0 Å². The van der Waals surface area contributed by atoms with Crippen molar-refractivity contribution in [3.05, 3.63) is 47.8 Å². The first kappa shape index (κ1) is 11.0. The SMILES string of the molecule is O=C1c2cccnc2C(=O)N1c1ccc2c(c1)OCO2. The number of pyridine rings is 1. The monoisotopic (exact) mass is 268 g/mol. The highest BCUT2D eigenvalue weighted by Crippen LogP contribution is 2.37. The summed E-state index contributed by atoms with van der Waals surface area (Å²) in [5.41, 5.74) is 0.938. The molecule has 2 amide bonds. The molecule has 0 aliphatic carbocycles. The van der Waals surface area contributed by atoms with E-state index in [1.54, 1.807) is 30.3 Å². The first-order valence-corrected chi connectivity index (χ1v) is 5.99.